The Morgan fingerprint density at radius 3 is 2.39 bits per heavy atom. The lowest BCUT2D eigenvalue weighted by Crippen LogP contribution is -2.17. The van der Waals surface area contributed by atoms with Gasteiger partial charge in [0.05, 0.1) is 17.7 Å². The maximum atomic E-state index is 8.98. The predicted molar refractivity (Wildman–Crippen MR) is 122 cm³/mol. The Labute approximate surface area is 182 Å². The summed E-state index contributed by atoms with van der Waals surface area (Å²) in [6.45, 7) is 7.05. The van der Waals surface area contributed by atoms with Crippen molar-refractivity contribution in [1.29, 1.82) is 10.5 Å². The van der Waals surface area contributed by atoms with E-state index in [1.54, 1.807) is 12.1 Å². The standard InChI is InChI=1S/C25H22N6/c1-16-13-20(5-4-11-26)14-17(2)23(16)31-12-10-22-18(3)28-25(30-24(22)31)29-21-8-6-19(15-27)7-9-21/h4-9,13-14H,10,12H2,1-3H3,(H,28,29,30). The minimum absolute atomic E-state index is 0.539. The molecule has 0 saturated carbocycles. The maximum absolute atomic E-state index is 8.98. The number of hydrogen-bond acceptors (Lipinski definition) is 6. The van der Waals surface area contributed by atoms with Gasteiger partial charge in [-0.15, -0.1) is 0 Å². The summed E-state index contributed by atoms with van der Waals surface area (Å²) < 4.78 is 0. The number of hydrogen-bond donors (Lipinski definition) is 1. The van der Waals surface area contributed by atoms with Crippen LogP contribution in [-0.4, -0.2) is 16.5 Å². The summed E-state index contributed by atoms with van der Waals surface area (Å²) in [7, 11) is 0. The average molecular weight is 406 g/mol. The number of benzene rings is 2. The smallest absolute Gasteiger partial charge is 0.229 e. The summed E-state index contributed by atoms with van der Waals surface area (Å²) in [6, 6.07) is 15.6. The van der Waals surface area contributed by atoms with Gasteiger partial charge in [-0.2, -0.15) is 15.5 Å². The van der Waals surface area contributed by atoms with Crippen LogP contribution in [0.15, 0.2) is 42.5 Å². The third-order valence-corrected chi connectivity index (χ3v) is 5.44. The molecule has 6 nitrogen and oxygen atoms in total. The van der Waals surface area contributed by atoms with E-state index in [9.17, 15) is 0 Å². The Bertz CT molecular complexity index is 1240. The number of rotatable bonds is 4. The molecule has 0 aliphatic carbocycles. The molecule has 31 heavy (non-hydrogen) atoms. The summed E-state index contributed by atoms with van der Waals surface area (Å²) >= 11 is 0. The first-order valence-electron chi connectivity index (χ1n) is 10.1. The van der Waals surface area contributed by atoms with Gasteiger partial charge in [-0.05, 0) is 86.4 Å². The van der Waals surface area contributed by atoms with Crippen LogP contribution in [0, 0.1) is 43.4 Å². The molecule has 0 spiro atoms. The molecular weight excluding hydrogens is 384 g/mol. The molecule has 0 fully saturated rings. The second-order valence-electron chi connectivity index (χ2n) is 7.62. The Kier molecular flexibility index (Phi) is 5.39. The fraction of sp³-hybridized carbons (Fsp3) is 0.200. The van der Waals surface area contributed by atoms with E-state index in [1.165, 1.54) is 6.08 Å². The average Bonchev–Trinajstić information content (AvgIpc) is 3.16. The number of allylic oxidation sites excluding steroid dienone is 1. The summed E-state index contributed by atoms with van der Waals surface area (Å²) in [4.78, 5) is 11.8. The number of anilines is 4. The minimum atomic E-state index is 0.539. The van der Waals surface area contributed by atoms with Gasteiger partial charge >= 0.3 is 0 Å². The van der Waals surface area contributed by atoms with Crippen molar-refractivity contribution >= 4 is 29.2 Å². The van der Waals surface area contributed by atoms with Crippen LogP contribution < -0.4 is 10.2 Å². The van der Waals surface area contributed by atoms with Crippen molar-refractivity contribution in [3.05, 3.63) is 76.0 Å². The SMILES string of the molecule is Cc1cc(C=CC#N)cc(C)c1N1CCc2c(C)nc(Nc3ccc(C#N)cc3)nc21. The van der Waals surface area contributed by atoms with Gasteiger partial charge in [0, 0.05) is 35.3 Å². The van der Waals surface area contributed by atoms with Crippen LogP contribution >= 0.6 is 0 Å². The van der Waals surface area contributed by atoms with Crippen molar-refractivity contribution in [2.24, 2.45) is 0 Å². The van der Waals surface area contributed by atoms with Crippen molar-refractivity contribution < 1.29 is 0 Å². The Morgan fingerprint density at radius 2 is 1.74 bits per heavy atom. The van der Waals surface area contributed by atoms with Gasteiger partial charge < -0.3 is 10.2 Å². The highest BCUT2D eigenvalue weighted by Crippen LogP contribution is 2.39. The van der Waals surface area contributed by atoms with Gasteiger partial charge in [-0.1, -0.05) is 0 Å². The van der Waals surface area contributed by atoms with Crippen LogP contribution in [0.25, 0.3) is 6.08 Å². The third kappa shape index (κ3) is 3.97. The summed E-state index contributed by atoms with van der Waals surface area (Å²) in [6.07, 6.45) is 4.22. The van der Waals surface area contributed by atoms with Crippen molar-refractivity contribution in [3.8, 4) is 12.1 Å². The van der Waals surface area contributed by atoms with E-state index in [4.69, 9.17) is 15.5 Å². The number of nitrogens with zero attached hydrogens (tertiary/aromatic N) is 5. The van der Waals surface area contributed by atoms with E-state index < -0.39 is 0 Å². The number of nitrogens with one attached hydrogen (secondary N) is 1. The quantitative estimate of drug-likeness (QED) is 0.596. The summed E-state index contributed by atoms with van der Waals surface area (Å²) in [5.74, 6) is 1.46. The van der Waals surface area contributed by atoms with Crippen LogP contribution in [0.2, 0.25) is 0 Å². The van der Waals surface area contributed by atoms with Crippen molar-refractivity contribution in [2.45, 2.75) is 27.2 Å². The first-order chi connectivity index (χ1) is 15.0. The van der Waals surface area contributed by atoms with Crippen LogP contribution in [0.3, 0.4) is 0 Å². The molecule has 0 amide bonds. The molecule has 1 aliphatic rings. The Hall–Kier alpha value is -4.16. The van der Waals surface area contributed by atoms with E-state index in [1.807, 2.05) is 31.2 Å². The van der Waals surface area contributed by atoms with E-state index >= 15 is 0 Å². The van der Waals surface area contributed by atoms with E-state index in [0.29, 0.717) is 11.5 Å². The molecule has 152 valence electrons. The highest BCUT2D eigenvalue weighted by molar-refractivity contribution is 5.75. The molecule has 1 aromatic heterocycles. The predicted octanol–water partition coefficient (Wildman–Crippen LogP) is 5.25. The maximum Gasteiger partial charge on any atom is 0.229 e. The monoisotopic (exact) mass is 406 g/mol. The zero-order chi connectivity index (χ0) is 22.0. The number of aromatic nitrogens is 2. The minimum Gasteiger partial charge on any atom is -0.325 e. The molecule has 0 unspecified atom stereocenters. The Balaban J connectivity index is 1.70. The van der Waals surface area contributed by atoms with E-state index in [-0.39, 0.29) is 0 Å². The molecule has 1 aliphatic heterocycles. The van der Waals surface area contributed by atoms with E-state index in [0.717, 1.165) is 58.1 Å². The number of fused-ring (bicyclic) bond motifs is 1. The summed E-state index contributed by atoms with van der Waals surface area (Å²) in [5, 5.41) is 21.1. The van der Waals surface area contributed by atoms with Crippen molar-refractivity contribution in [3.63, 3.8) is 0 Å². The topological polar surface area (TPSA) is 88.6 Å². The van der Waals surface area contributed by atoms with E-state index in [2.05, 4.69) is 47.3 Å². The van der Waals surface area contributed by atoms with Gasteiger partial charge in [0.25, 0.3) is 0 Å². The lowest BCUT2D eigenvalue weighted by atomic mass is 10.0. The Morgan fingerprint density at radius 1 is 1.03 bits per heavy atom. The molecule has 2 heterocycles. The van der Waals surface area contributed by atoms with Gasteiger partial charge in [0.2, 0.25) is 5.95 Å². The zero-order valence-corrected chi connectivity index (χ0v) is 17.8. The first kappa shape index (κ1) is 20.1. The number of nitriles is 2. The highest BCUT2D eigenvalue weighted by atomic mass is 15.3. The lowest BCUT2D eigenvalue weighted by molar-refractivity contribution is 0.975. The molecule has 1 N–H and O–H groups in total. The first-order valence-corrected chi connectivity index (χ1v) is 10.1. The van der Waals surface area contributed by atoms with Gasteiger partial charge in [0.15, 0.2) is 0 Å². The van der Waals surface area contributed by atoms with Crippen LogP contribution in [0.1, 0.15) is 33.5 Å². The van der Waals surface area contributed by atoms with Crippen LogP contribution in [-0.2, 0) is 6.42 Å². The second kappa shape index (κ2) is 8.30. The summed E-state index contributed by atoms with van der Waals surface area (Å²) in [5.41, 5.74) is 8.03. The molecular formula is C25H22N6. The molecule has 0 atom stereocenters. The van der Waals surface area contributed by atoms with Crippen LogP contribution in [0.4, 0.5) is 23.1 Å². The fourth-order valence-electron chi connectivity index (χ4n) is 4.10. The molecule has 4 rings (SSSR count). The third-order valence-electron chi connectivity index (χ3n) is 5.44. The largest absolute Gasteiger partial charge is 0.325 e. The van der Waals surface area contributed by atoms with Crippen LogP contribution in [0.5, 0.6) is 0 Å². The molecule has 3 aromatic rings. The van der Waals surface area contributed by atoms with Gasteiger partial charge in [-0.3, -0.25) is 0 Å². The second-order valence-corrected chi connectivity index (χ2v) is 7.62. The van der Waals surface area contributed by atoms with Crippen molar-refractivity contribution in [1.82, 2.24) is 9.97 Å². The number of aryl methyl sites for hydroxylation is 3. The molecule has 0 bridgehead atoms. The molecule has 6 heteroatoms. The van der Waals surface area contributed by atoms with Gasteiger partial charge in [0.1, 0.15) is 5.82 Å². The lowest BCUT2D eigenvalue weighted by Gasteiger charge is -2.24. The molecule has 0 radical (unpaired) electrons. The zero-order valence-electron chi connectivity index (χ0n) is 17.8. The fourth-order valence-corrected chi connectivity index (χ4v) is 4.10. The molecule has 2 aromatic carbocycles. The van der Waals surface area contributed by atoms with Gasteiger partial charge in [-0.25, -0.2) is 4.98 Å². The van der Waals surface area contributed by atoms with Crippen molar-refractivity contribution in [2.75, 3.05) is 16.8 Å². The normalized spacial score (nSPS) is 12.5. The highest BCUT2D eigenvalue weighted by Gasteiger charge is 2.27. The molecule has 0 saturated heterocycles.